The number of esters is 1. The molecular formula is C16H15BrFNO5S. The number of hydroxylamine groups is 1. The Labute approximate surface area is 153 Å². The van der Waals surface area contributed by atoms with Gasteiger partial charge in [0.2, 0.25) is 0 Å². The summed E-state index contributed by atoms with van der Waals surface area (Å²) < 4.78 is 43.8. The lowest BCUT2D eigenvalue weighted by atomic mass is 10.2. The summed E-state index contributed by atoms with van der Waals surface area (Å²) in [6, 6.07) is 9.42. The number of hydrogen-bond acceptors (Lipinski definition) is 5. The quantitative estimate of drug-likeness (QED) is 0.518. The third kappa shape index (κ3) is 4.63. The largest absolute Gasteiger partial charge is 0.457 e. The molecule has 0 saturated heterocycles. The van der Waals surface area contributed by atoms with Crippen molar-refractivity contribution in [1.82, 2.24) is 4.47 Å². The SMILES string of the molecule is CON(C)S(=O)(=O)c1cccc(C(=O)OCc2ccc(F)cc2Br)c1. The second-order valence-corrected chi connectivity index (χ2v) is 7.73. The summed E-state index contributed by atoms with van der Waals surface area (Å²) in [5.74, 6) is -1.12. The number of carbonyl (C=O) groups is 1. The van der Waals surface area contributed by atoms with E-state index in [4.69, 9.17) is 9.57 Å². The van der Waals surface area contributed by atoms with Crippen LogP contribution in [0.25, 0.3) is 0 Å². The standard InChI is InChI=1S/C16H15BrFNO5S/c1-19(23-2)25(21,22)14-5-3-4-11(8-14)16(20)24-10-12-6-7-13(18)9-15(12)17/h3-9H,10H2,1-2H3. The molecule has 0 aliphatic heterocycles. The highest BCUT2D eigenvalue weighted by atomic mass is 79.9. The van der Waals surface area contributed by atoms with Crippen molar-refractivity contribution in [2.75, 3.05) is 14.2 Å². The van der Waals surface area contributed by atoms with Gasteiger partial charge in [0, 0.05) is 17.1 Å². The molecule has 2 rings (SSSR count). The van der Waals surface area contributed by atoms with E-state index in [1.807, 2.05) is 0 Å². The fraction of sp³-hybridized carbons (Fsp3) is 0.188. The van der Waals surface area contributed by atoms with Crippen LogP contribution in [0.15, 0.2) is 51.8 Å². The van der Waals surface area contributed by atoms with E-state index in [9.17, 15) is 17.6 Å². The lowest BCUT2D eigenvalue weighted by Gasteiger charge is -2.14. The van der Waals surface area contributed by atoms with Gasteiger partial charge < -0.3 is 4.74 Å². The molecule has 0 aliphatic carbocycles. The van der Waals surface area contributed by atoms with E-state index in [1.54, 1.807) is 0 Å². The summed E-state index contributed by atoms with van der Waals surface area (Å²) in [7, 11) is -1.41. The van der Waals surface area contributed by atoms with Gasteiger partial charge in [-0.05, 0) is 30.3 Å². The third-order valence-electron chi connectivity index (χ3n) is 3.34. The summed E-state index contributed by atoms with van der Waals surface area (Å²) >= 11 is 3.19. The van der Waals surface area contributed by atoms with Crippen LogP contribution in [0, 0.1) is 5.82 Å². The molecule has 0 atom stereocenters. The maximum Gasteiger partial charge on any atom is 0.338 e. The third-order valence-corrected chi connectivity index (χ3v) is 5.75. The van der Waals surface area contributed by atoms with Gasteiger partial charge in [-0.1, -0.05) is 32.5 Å². The molecule has 0 unspecified atom stereocenters. The van der Waals surface area contributed by atoms with Crippen molar-refractivity contribution in [2.45, 2.75) is 11.5 Å². The van der Waals surface area contributed by atoms with Crippen molar-refractivity contribution >= 4 is 31.9 Å². The van der Waals surface area contributed by atoms with Crippen molar-refractivity contribution in [2.24, 2.45) is 0 Å². The van der Waals surface area contributed by atoms with Gasteiger partial charge in [0.05, 0.1) is 17.6 Å². The van der Waals surface area contributed by atoms with Gasteiger partial charge >= 0.3 is 5.97 Å². The normalized spacial score (nSPS) is 11.6. The summed E-state index contributed by atoms with van der Waals surface area (Å²) in [5, 5.41) is 0. The number of rotatable bonds is 6. The maximum atomic E-state index is 13.1. The zero-order chi connectivity index (χ0) is 18.6. The Morgan fingerprint density at radius 1 is 1.24 bits per heavy atom. The Balaban J connectivity index is 2.16. The van der Waals surface area contributed by atoms with Gasteiger partial charge in [0.25, 0.3) is 10.0 Å². The summed E-state index contributed by atoms with van der Waals surface area (Å²) in [5.41, 5.74) is 0.654. The molecular weight excluding hydrogens is 417 g/mol. The van der Waals surface area contributed by atoms with Crippen LogP contribution in [-0.4, -0.2) is 33.0 Å². The fourth-order valence-corrected chi connectivity index (χ4v) is 3.38. The number of ether oxygens (including phenoxy) is 1. The van der Waals surface area contributed by atoms with E-state index in [1.165, 1.54) is 56.6 Å². The first-order valence-corrected chi connectivity index (χ1v) is 9.23. The fourth-order valence-electron chi connectivity index (χ4n) is 1.90. The predicted molar refractivity (Wildman–Crippen MR) is 91.6 cm³/mol. The average Bonchev–Trinajstić information content (AvgIpc) is 2.60. The number of carbonyl (C=O) groups excluding carboxylic acids is 1. The van der Waals surface area contributed by atoms with Crippen LogP contribution in [-0.2, 0) is 26.2 Å². The zero-order valence-electron chi connectivity index (χ0n) is 13.4. The first-order chi connectivity index (χ1) is 11.8. The van der Waals surface area contributed by atoms with Gasteiger partial charge in [-0.3, -0.25) is 4.84 Å². The lowest BCUT2D eigenvalue weighted by Crippen LogP contribution is -2.25. The van der Waals surface area contributed by atoms with E-state index < -0.39 is 21.8 Å². The Kier molecular flexibility index (Phi) is 6.28. The molecule has 6 nitrogen and oxygen atoms in total. The number of nitrogens with zero attached hydrogens (tertiary/aromatic N) is 1. The van der Waals surface area contributed by atoms with Gasteiger partial charge in [-0.2, -0.15) is 0 Å². The molecule has 134 valence electrons. The molecule has 0 bridgehead atoms. The maximum absolute atomic E-state index is 13.1. The van der Waals surface area contributed by atoms with Gasteiger partial charge in [0.15, 0.2) is 0 Å². The van der Waals surface area contributed by atoms with E-state index in [0.717, 1.165) is 0 Å². The Morgan fingerprint density at radius 3 is 2.60 bits per heavy atom. The van der Waals surface area contributed by atoms with Crippen molar-refractivity contribution < 1.29 is 27.2 Å². The van der Waals surface area contributed by atoms with Crippen LogP contribution in [0.3, 0.4) is 0 Å². The minimum absolute atomic E-state index is 0.0730. The Morgan fingerprint density at radius 2 is 1.96 bits per heavy atom. The molecule has 0 N–H and O–H groups in total. The minimum Gasteiger partial charge on any atom is -0.457 e. The monoisotopic (exact) mass is 431 g/mol. The number of benzene rings is 2. The number of sulfonamides is 1. The first kappa shape index (κ1) is 19.5. The Bertz CT molecular complexity index is 888. The van der Waals surface area contributed by atoms with Crippen LogP contribution >= 0.6 is 15.9 Å². The molecule has 0 amide bonds. The highest BCUT2D eigenvalue weighted by Gasteiger charge is 2.22. The molecule has 2 aromatic carbocycles. The zero-order valence-corrected chi connectivity index (χ0v) is 15.8. The first-order valence-electron chi connectivity index (χ1n) is 7.00. The van der Waals surface area contributed by atoms with Crippen LogP contribution in [0.5, 0.6) is 0 Å². The molecule has 0 heterocycles. The van der Waals surface area contributed by atoms with E-state index in [-0.39, 0.29) is 17.1 Å². The summed E-state index contributed by atoms with van der Waals surface area (Å²) in [6.45, 7) is -0.0886. The average molecular weight is 432 g/mol. The van der Waals surface area contributed by atoms with Crippen molar-refractivity contribution in [3.8, 4) is 0 Å². The lowest BCUT2D eigenvalue weighted by molar-refractivity contribution is -0.0258. The van der Waals surface area contributed by atoms with Crippen LogP contribution in [0.2, 0.25) is 0 Å². The minimum atomic E-state index is -3.87. The smallest absolute Gasteiger partial charge is 0.338 e. The second-order valence-electron chi connectivity index (χ2n) is 4.94. The van der Waals surface area contributed by atoms with Crippen molar-refractivity contribution in [3.05, 3.63) is 63.9 Å². The molecule has 2 aromatic rings. The highest BCUT2D eigenvalue weighted by Crippen LogP contribution is 2.20. The second kappa shape index (κ2) is 8.05. The topological polar surface area (TPSA) is 72.9 Å². The van der Waals surface area contributed by atoms with Crippen LogP contribution < -0.4 is 0 Å². The molecule has 0 spiro atoms. The van der Waals surface area contributed by atoms with Gasteiger partial charge in [-0.15, -0.1) is 0 Å². The highest BCUT2D eigenvalue weighted by molar-refractivity contribution is 9.10. The van der Waals surface area contributed by atoms with Gasteiger partial charge in [-0.25, -0.2) is 17.6 Å². The molecule has 25 heavy (non-hydrogen) atoms. The number of halogens is 2. The molecule has 9 heteroatoms. The van der Waals surface area contributed by atoms with Gasteiger partial charge in [0.1, 0.15) is 12.4 Å². The van der Waals surface area contributed by atoms with E-state index >= 15 is 0 Å². The number of hydrogen-bond donors (Lipinski definition) is 0. The molecule has 0 fully saturated rings. The molecule has 0 aromatic heterocycles. The molecule has 0 radical (unpaired) electrons. The Hall–Kier alpha value is -1.81. The summed E-state index contributed by atoms with van der Waals surface area (Å²) in [4.78, 5) is 16.8. The predicted octanol–water partition coefficient (Wildman–Crippen LogP) is 3.13. The van der Waals surface area contributed by atoms with Crippen molar-refractivity contribution in [1.29, 1.82) is 0 Å². The molecule has 0 saturated carbocycles. The molecule has 0 aliphatic rings. The van der Waals surface area contributed by atoms with E-state index in [2.05, 4.69) is 15.9 Å². The van der Waals surface area contributed by atoms with Crippen molar-refractivity contribution in [3.63, 3.8) is 0 Å². The van der Waals surface area contributed by atoms with Crippen LogP contribution in [0.4, 0.5) is 4.39 Å². The van der Waals surface area contributed by atoms with Crippen LogP contribution in [0.1, 0.15) is 15.9 Å². The van der Waals surface area contributed by atoms with E-state index in [0.29, 0.717) is 14.5 Å². The summed E-state index contributed by atoms with van der Waals surface area (Å²) in [6.07, 6.45) is 0.